The van der Waals surface area contributed by atoms with Crippen LogP contribution in [-0.2, 0) is 0 Å². The molecule has 0 fully saturated rings. The van der Waals surface area contributed by atoms with Crippen LogP contribution in [0, 0.1) is 17.0 Å². The molecule has 0 bridgehead atoms. The summed E-state index contributed by atoms with van der Waals surface area (Å²) in [5.41, 5.74) is 0.705. The molecule has 0 radical (unpaired) electrons. The van der Waals surface area contributed by atoms with E-state index in [2.05, 4.69) is 29.0 Å². The molecule has 0 aliphatic heterocycles. The van der Waals surface area contributed by atoms with Crippen LogP contribution in [0.25, 0.3) is 0 Å². The molecule has 0 spiro atoms. The fraction of sp³-hybridized carbons (Fsp3) is 0.615. The van der Waals surface area contributed by atoms with Gasteiger partial charge in [-0.05, 0) is 39.0 Å². The van der Waals surface area contributed by atoms with E-state index >= 15 is 0 Å². The Hall–Kier alpha value is -1.69. The van der Waals surface area contributed by atoms with Crippen LogP contribution in [-0.4, -0.2) is 41.0 Å². The molecule has 1 heterocycles. The smallest absolute Gasteiger partial charge is 0.314 e. The molecule has 19 heavy (non-hydrogen) atoms. The predicted molar refractivity (Wildman–Crippen MR) is 76.5 cm³/mol. The van der Waals surface area contributed by atoms with E-state index in [1.807, 2.05) is 0 Å². The highest BCUT2D eigenvalue weighted by molar-refractivity contribution is 5.59. The molecule has 1 N–H and O–H groups in total. The van der Waals surface area contributed by atoms with Gasteiger partial charge in [0.05, 0.1) is 4.92 Å². The highest BCUT2D eigenvalue weighted by atomic mass is 16.6. The molecule has 0 amide bonds. The normalized spacial score (nSPS) is 10.7. The third-order valence-electron chi connectivity index (χ3n) is 3.15. The van der Waals surface area contributed by atoms with Gasteiger partial charge in [0.25, 0.3) is 0 Å². The van der Waals surface area contributed by atoms with E-state index in [1.165, 1.54) is 0 Å². The minimum absolute atomic E-state index is 0.0744. The molecule has 0 unspecified atom stereocenters. The maximum absolute atomic E-state index is 11.0. The van der Waals surface area contributed by atoms with Gasteiger partial charge in [-0.25, -0.2) is 4.98 Å². The second-order valence-electron chi connectivity index (χ2n) is 4.39. The Labute approximate surface area is 114 Å². The van der Waals surface area contributed by atoms with Gasteiger partial charge in [0.1, 0.15) is 0 Å². The SMILES string of the molecule is CCN(CC)CCCNc1nccc(C)c1[N+](=O)[O-]. The molecule has 0 saturated heterocycles. The van der Waals surface area contributed by atoms with Crippen LogP contribution < -0.4 is 5.32 Å². The highest BCUT2D eigenvalue weighted by Crippen LogP contribution is 2.25. The molecule has 6 heteroatoms. The molecule has 1 aromatic heterocycles. The van der Waals surface area contributed by atoms with E-state index in [4.69, 9.17) is 0 Å². The van der Waals surface area contributed by atoms with Gasteiger partial charge in [-0.3, -0.25) is 10.1 Å². The molecule has 1 aromatic rings. The molecule has 106 valence electrons. The quantitative estimate of drug-likeness (QED) is 0.444. The van der Waals surface area contributed by atoms with Crippen molar-refractivity contribution in [2.45, 2.75) is 27.2 Å². The molecule has 0 saturated carbocycles. The molecule has 0 aliphatic carbocycles. The third-order valence-corrected chi connectivity index (χ3v) is 3.15. The van der Waals surface area contributed by atoms with Crippen LogP contribution in [0.15, 0.2) is 12.3 Å². The Bertz CT molecular complexity index is 419. The standard InChI is InChI=1S/C13H22N4O2/c1-4-16(5-2)10-6-8-14-13-12(17(18)19)11(3)7-9-15-13/h7,9H,4-6,8,10H2,1-3H3,(H,14,15). The first kappa shape index (κ1) is 15.4. The van der Waals surface area contributed by atoms with Crippen molar-refractivity contribution in [3.05, 3.63) is 27.9 Å². The number of aryl methyl sites for hydroxylation is 1. The van der Waals surface area contributed by atoms with Gasteiger partial charge in [0, 0.05) is 18.3 Å². The molecular weight excluding hydrogens is 244 g/mol. The zero-order chi connectivity index (χ0) is 14.3. The lowest BCUT2D eigenvalue weighted by Gasteiger charge is -2.17. The van der Waals surface area contributed by atoms with Crippen LogP contribution in [0.4, 0.5) is 11.5 Å². The number of anilines is 1. The van der Waals surface area contributed by atoms with Crippen molar-refractivity contribution in [2.24, 2.45) is 0 Å². The Morgan fingerprint density at radius 1 is 1.42 bits per heavy atom. The molecule has 6 nitrogen and oxygen atoms in total. The summed E-state index contributed by atoms with van der Waals surface area (Å²) in [4.78, 5) is 17.0. The minimum atomic E-state index is -0.380. The topological polar surface area (TPSA) is 71.3 Å². The van der Waals surface area contributed by atoms with Gasteiger partial charge in [-0.2, -0.15) is 0 Å². The average Bonchev–Trinajstić information content (AvgIpc) is 2.38. The summed E-state index contributed by atoms with van der Waals surface area (Å²) in [5.74, 6) is 0.365. The summed E-state index contributed by atoms with van der Waals surface area (Å²) in [6.07, 6.45) is 2.53. The molecule has 1 rings (SSSR count). The maximum Gasteiger partial charge on any atom is 0.314 e. The lowest BCUT2D eigenvalue weighted by molar-refractivity contribution is -0.384. The van der Waals surface area contributed by atoms with E-state index in [1.54, 1.807) is 19.2 Å². The van der Waals surface area contributed by atoms with E-state index in [9.17, 15) is 10.1 Å². The Balaban J connectivity index is 2.54. The number of hydrogen-bond donors (Lipinski definition) is 1. The first-order chi connectivity index (χ1) is 9.10. The average molecular weight is 266 g/mol. The highest BCUT2D eigenvalue weighted by Gasteiger charge is 2.17. The maximum atomic E-state index is 11.0. The van der Waals surface area contributed by atoms with Crippen molar-refractivity contribution in [1.29, 1.82) is 0 Å². The van der Waals surface area contributed by atoms with Gasteiger partial charge < -0.3 is 10.2 Å². The number of nitro groups is 1. The number of nitrogens with one attached hydrogen (secondary N) is 1. The van der Waals surface area contributed by atoms with Crippen molar-refractivity contribution in [1.82, 2.24) is 9.88 Å². The van der Waals surface area contributed by atoms with E-state index in [-0.39, 0.29) is 10.6 Å². The van der Waals surface area contributed by atoms with Crippen molar-refractivity contribution in [3.63, 3.8) is 0 Å². The fourth-order valence-electron chi connectivity index (χ4n) is 1.96. The molecule has 0 aromatic carbocycles. The van der Waals surface area contributed by atoms with Gasteiger partial charge in [-0.1, -0.05) is 13.8 Å². The predicted octanol–water partition coefficient (Wildman–Crippen LogP) is 2.44. The Kier molecular flexibility index (Phi) is 6.21. The van der Waals surface area contributed by atoms with Crippen molar-refractivity contribution in [3.8, 4) is 0 Å². The first-order valence-corrected chi connectivity index (χ1v) is 6.66. The molecule has 0 atom stereocenters. The number of pyridine rings is 1. The lowest BCUT2D eigenvalue weighted by Crippen LogP contribution is -2.25. The van der Waals surface area contributed by atoms with Crippen LogP contribution in [0.3, 0.4) is 0 Å². The van der Waals surface area contributed by atoms with Crippen LogP contribution in [0.5, 0.6) is 0 Å². The van der Waals surface area contributed by atoms with Crippen molar-refractivity contribution < 1.29 is 4.92 Å². The van der Waals surface area contributed by atoms with Gasteiger partial charge in [0.15, 0.2) is 0 Å². The van der Waals surface area contributed by atoms with Gasteiger partial charge in [0.2, 0.25) is 5.82 Å². The summed E-state index contributed by atoms with van der Waals surface area (Å²) in [7, 11) is 0. The summed E-state index contributed by atoms with van der Waals surface area (Å²) in [6, 6.07) is 1.65. The summed E-state index contributed by atoms with van der Waals surface area (Å²) in [6.45, 7) is 9.71. The van der Waals surface area contributed by atoms with Crippen molar-refractivity contribution >= 4 is 11.5 Å². The Morgan fingerprint density at radius 2 is 2.11 bits per heavy atom. The zero-order valence-electron chi connectivity index (χ0n) is 11.8. The zero-order valence-corrected chi connectivity index (χ0v) is 11.8. The van der Waals surface area contributed by atoms with Crippen LogP contribution in [0.2, 0.25) is 0 Å². The minimum Gasteiger partial charge on any atom is -0.364 e. The van der Waals surface area contributed by atoms with Gasteiger partial charge in [-0.15, -0.1) is 0 Å². The largest absolute Gasteiger partial charge is 0.364 e. The summed E-state index contributed by atoms with van der Waals surface area (Å²) >= 11 is 0. The number of hydrogen-bond acceptors (Lipinski definition) is 5. The second-order valence-corrected chi connectivity index (χ2v) is 4.39. The second kappa shape index (κ2) is 7.68. The summed E-state index contributed by atoms with van der Waals surface area (Å²) in [5, 5.41) is 14.1. The van der Waals surface area contributed by atoms with E-state index in [0.717, 1.165) is 26.1 Å². The first-order valence-electron chi connectivity index (χ1n) is 6.66. The van der Waals surface area contributed by atoms with Crippen molar-refractivity contribution in [2.75, 3.05) is 31.5 Å². The monoisotopic (exact) mass is 266 g/mol. The lowest BCUT2D eigenvalue weighted by atomic mass is 10.2. The van der Waals surface area contributed by atoms with E-state index in [0.29, 0.717) is 17.9 Å². The fourth-order valence-corrected chi connectivity index (χ4v) is 1.96. The van der Waals surface area contributed by atoms with Crippen LogP contribution in [0.1, 0.15) is 25.8 Å². The van der Waals surface area contributed by atoms with E-state index < -0.39 is 0 Å². The number of aromatic nitrogens is 1. The Morgan fingerprint density at radius 3 is 2.68 bits per heavy atom. The summed E-state index contributed by atoms with van der Waals surface area (Å²) < 4.78 is 0. The molecular formula is C13H22N4O2. The number of rotatable bonds is 8. The number of nitrogens with zero attached hydrogens (tertiary/aromatic N) is 3. The third kappa shape index (κ3) is 4.48. The van der Waals surface area contributed by atoms with Gasteiger partial charge >= 0.3 is 5.69 Å². The molecule has 0 aliphatic rings. The van der Waals surface area contributed by atoms with Crippen LogP contribution >= 0.6 is 0 Å².